The fourth-order valence-corrected chi connectivity index (χ4v) is 3.34. The van der Waals surface area contributed by atoms with Gasteiger partial charge in [0.15, 0.2) is 0 Å². The van der Waals surface area contributed by atoms with Crippen molar-refractivity contribution in [1.29, 1.82) is 0 Å². The minimum atomic E-state index is -4.84. The van der Waals surface area contributed by atoms with Gasteiger partial charge in [-0.15, -0.1) is 0 Å². The zero-order valence-electron chi connectivity index (χ0n) is 7.78. The van der Waals surface area contributed by atoms with Gasteiger partial charge in [-0.2, -0.15) is 13.2 Å². The summed E-state index contributed by atoms with van der Waals surface area (Å²) in [4.78, 5) is 0. The largest absolute Gasteiger partial charge is 0.419 e. The Morgan fingerprint density at radius 3 is 1.11 bits per heavy atom. The van der Waals surface area contributed by atoms with Gasteiger partial charge in [0, 0.05) is 5.56 Å². The fourth-order valence-electron chi connectivity index (χ4n) is 1.13. The molecule has 1 rings (SSSR count). The van der Waals surface area contributed by atoms with Crippen LogP contribution in [0.25, 0.3) is 0 Å². The molecule has 0 saturated carbocycles. The maximum Gasteiger partial charge on any atom is 0.419 e. The first-order chi connectivity index (χ1) is 7.89. The molecule has 0 amide bonds. The van der Waals surface area contributed by atoms with Crippen LogP contribution < -0.4 is 0 Å². The zero-order chi connectivity index (χ0) is 14.5. The van der Waals surface area contributed by atoms with Gasteiger partial charge < -0.3 is 0 Å². The van der Waals surface area contributed by atoms with Crippen LogP contribution in [0.4, 0.5) is 13.2 Å². The SMILES string of the molecule is FC(F)(F)c1c(Cl)c(Cl)c(C(Cl)(Cl)Cl)c(Cl)c1Cl. The third-order valence-electron chi connectivity index (χ3n) is 1.83. The third-order valence-corrected chi connectivity index (χ3v) is 4.10. The molecule has 0 fully saturated rings. The Kier molecular flexibility index (Phi) is 5.16. The summed E-state index contributed by atoms with van der Waals surface area (Å²) in [5.41, 5.74) is -1.78. The second-order valence-electron chi connectivity index (χ2n) is 3.00. The van der Waals surface area contributed by atoms with Crippen molar-refractivity contribution in [3.8, 4) is 0 Å². The molecule has 0 N–H and O–H groups in total. The van der Waals surface area contributed by atoms with Gasteiger partial charge in [-0.25, -0.2) is 0 Å². The van der Waals surface area contributed by atoms with Gasteiger partial charge in [0.1, 0.15) is 0 Å². The van der Waals surface area contributed by atoms with E-state index in [9.17, 15) is 13.2 Å². The third kappa shape index (κ3) is 3.20. The van der Waals surface area contributed by atoms with Crippen molar-refractivity contribution < 1.29 is 13.2 Å². The van der Waals surface area contributed by atoms with E-state index in [1.54, 1.807) is 0 Å². The molecule has 0 bridgehead atoms. The van der Waals surface area contributed by atoms with Crippen LogP contribution in [0.5, 0.6) is 0 Å². The molecule has 1 aromatic rings. The maximum absolute atomic E-state index is 12.7. The molecule has 0 aliphatic heterocycles. The molecule has 0 nitrogen and oxygen atoms in total. The van der Waals surface area contributed by atoms with Crippen molar-refractivity contribution in [2.45, 2.75) is 9.97 Å². The van der Waals surface area contributed by atoms with E-state index in [0.29, 0.717) is 0 Å². The van der Waals surface area contributed by atoms with Crippen LogP contribution in [0.3, 0.4) is 0 Å². The smallest absolute Gasteiger partial charge is 0.166 e. The number of hydrogen-bond donors (Lipinski definition) is 0. The lowest BCUT2D eigenvalue weighted by atomic mass is 10.1. The van der Waals surface area contributed by atoms with Crippen molar-refractivity contribution in [3.63, 3.8) is 0 Å². The first kappa shape index (κ1) is 17.1. The van der Waals surface area contributed by atoms with E-state index in [0.717, 1.165) is 0 Å². The van der Waals surface area contributed by atoms with Crippen LogP contribution >= 0.6 is 81.2 Å². The average molecular weight is 401 g/mol. The minimum Gasteiger partial charge on any atom is -0.166 e. The number of hydrogen-bond acceptors (Lipinski definition) is 0. The molecule has 102 valence electrons. The molecule has 1 aromatic carbocycles. The maximum atomic E-state index is 12.7. The fraction of sp³-hybridized carbons (Fsp3) is 0.250. The summed E-state index contributed by atoms with van der Waals surface area (Å²) >= 11 is 38.9. The number of rotatable bonds is 0. The Morgan fingerprint density at radius 2 is 0.889 bits per heavy atom. The topological polar surface area (TPSA) is 0 Å². The highest BCUT2D eigenvalue weighted by molar-refractivity contribution is 6.68. The molecular formula is C8Cl7F3. The molecule has 18 heavy (non-hydrogen) atoms. The molecular weight excluding hydrogens is 401 g/mol. The van der Waals surface area contributed by atoms with E-state index in [2.05, 4.69) is 0 Å². The first-order valence-corrected chi connectivity index (χ1v) is 6.54. The minimum absolute atomic E-state index is 0.404. The molecule has 0 unspecified atom stereocenters. The van der Waals surface area contributed by atoms with Crippen LogP contribution in [-0.2, 0) is 9.97 Å². The van der Waals surface area contributed by atoms with Gasteiger partial charge in [-0.1, -0.05) is 81.2 Å². The normalized spacial score (nSPS) is 13.0. The van der Waals surface area contributed by atoms with Crippen molar-refractivity contribution >= 4 is 81.2 Å². The quantitative estimate of drug-likeness (QED) is 0.320. The van der Waals surface area contributed by atoms with Crippen LogP contribution in [0.2, 0.25) is 20.1 Å². The van der Waals surface area contributed by atoms with Gasteiger partial charge in [-0.05, 0) is 0 Å². The molecule has 0 aliphatic rings. The summed E-state index contributed by atoms with van der Waals surface area (Å²) in [6.45, 7) is 0. The lowest BCUT2D eigenvalue weighted by Crippen LogP contribution is -2.12. The van der Waals surface area contributed by atoms with Crippen molar-refractivity contribution in [2.75, 3.05) is 0 Å². The van der Waals surface area contributed by atoms with Crippen molar-refractivity contribution in [2.24, 2.45) is 0 Å². The molecule has 10 heteroatoms. The van der Waals surface area contributed by atoms with E-state index in [4.69, 9.17) is 81.2 Å². The van der Waals surface area contributed by atoms with E-state index in [1.165, 1.54) is 0 Å². The lowest BCUT2D eigenvalue weighted by molar-refractivity contribution is -0.137. The Bertz CT molecular complexity index is 415. The summed E-state index contributed by atoms with van der Waals surface area (Å²) in [7, 11) is 0. The number of benzene rings is 1. The van der Waals surface area contributed by atoms with Crippen LogP contribution in [0, 0.1) is 0 Å². The molecule has 0 heterocycles. The molecule has 0 aromatic heterocycles. The number of halogens is 10. The summed E-state index contributed by atoms with van der Waals surface area (Å²) in [6.07, 6.45) is -4.84. The van der Waals surface area contributed by atoms with Crippen LogP contribution in [0.1, 0.15) is 11.1 Å². The monoisotopic (exact) mass is 398 g/mol. The van der Waals surface area contributed by atoms with E-state index in [1.807, 2.05) is 0 Å². The predicted molar refractivity (Wildman–Crippen MR) is 70.7 cm³/mol. The number of alkyl halides is 6. The van der Waals surface area contributed by atoms with Gasteiger partial charge in [0.25, 0.3) is 0 Å². The van der Waals surface area contributed by atoms with E-state index < -0.39 is 41.2 Å². The van der Waals surface area contributed by atoms with Gasteiger partial charge in [0.2, 0.25) is 3.79 Å². The molecule has 0 atom stereocenters. The molecule has 0 spiro atoms. The second kappa shape index (κ2) is 5.44. The van der Waals surface area contributed by atoms with Crippen LogP contribution in [0.15, 0.2) is 0 Å². The Morgan fingerprint density at radius 1 is 0.611 bits per heavy atom. The summed E-state index contributed by atoms with van der Waals surface area (Å²) < 4.78 is 36.0. The van der Waals surface area contributed by atoms with Crippen molar-refractivity contribution in [1.82, 2.24) is 0 Å². The molecule has 0 aliphatic carbocycles. The lowest BCUT2D eigenvalue weighted by Gasteiger charge is -2.21. The van der Waals surface area contributed by atoms with Gasteiger partial charge in [0.05, 0.1) is 25.7 Å². The first-order valence-electron chi connectivity index (χ1n) is 3.89. The van der Waals surface area contributed by atoms with Gasteiger partial charge >= 0.3 is 6.18 Å². The van der Waals surface area contributed by atoms with E-state index in [-0.39, 0.29) is 0 Å². The van der Waals surface area contributed by atoms with Crippen molar-refractivity contribution in [3.05, 3.63) is 31.2 Å². The standard InChI is InChI=1S/C8Cl7F3/c9-3-1(7(13,14)15)4(10)6(12)2(5(3)11)8(16,17)18. The Labute approximate surface area is 135 Å². The second-order valence-corrected chi connectivity index (χ2v) is 6.79. The highest BCUT2D eigenvalue weighted by Gasteiger charge is 2.42. The Hall–Kier alpha value is 1.04. The summed E-state index contributed by atoms with van der Waals surface area (Å²) in [6, 6.07) is 0. The zero-order valence-corrected chi connectivity index (χ0v) is 13.1. The van der Waals surface area contributed by atoms with E-state index >= 15 is 0 Å². The molecule has 0 radical (unpaired) electrons. The highest BCUT2D eigenvalue weighted by atomic mass is 35.6. The molecule has 0 saturated heterocycles. The average Bonchev–Trinajstić information content (AvgIpc) is 2.10. The summed E-state index contributed by atoms with van der Waals surface area (Å²) in [5.74, 6) is 0. The highest BCUT2D eigenvalue weighted by Crippen LogP contribution is 2.54. The Balaban J connectivity index is 3.79. The van der Waals surface area contributed by atoms with Crippen LogP contribution in [-0.4, -0.2) is 0 Å². The predicted octanol–water partition coefficient (Wildman–Crippen LogP) is 7.15. The summed E-state index contributed by atoms with van der Waals surface area (Å²) in [5, 5.41) is -2.98. The van der Waals surface area contributed by atoms with Gasteiger partial charge in [-0.3, -0.25) is 0 Å².